The molecule has 3 aromatic rings. The molecule has 0 aliphatic carbocycles. The number of benzene rings is 2. The first-order chi connectivity index (χ1) is 15.5. The number of nitrogens with two attached hydrogens (primary N) is 1. The predicted molar refractivity (Wildman–Crippen MR) is 123 cm³/mol. The van der Waals surface area contributed by atoms with Crippen LogP contribution >= 0.6 is 23.4 Å². The molecule has 0 radical (unpaired) electrons. The molecule has 32 heavy (non-hydrogen) atoms. The van der Waals surface area contributed by atoms with Gasteiger partial charge in [0.15, 0.2) is 5.82 Å². The molecular weight excluding hydrogens is 454 g/mol. The standard InChI is InChI=1S/C21H24ClN5O4S/c1-26(10-11-30-16-8-6-15(22)7-9-16)20(28)14-32-21-25-24-19(27(21)23)13-31-18-5-3-4-17(12-18)29-2/h3-9,12H,10-11,13-14,23H2,1-2H3. The lowest BCUT2D eigenvalue weighted by molar-refractivity contribution is -0.127. The van der Waals surface area contributed by atoms with E-state index in [9.17, 15) is 4.79 Å². The number of hydrogen-bond acceptors (Lipinski definition) is 8. The van der Waals surface area contributed by atoms with E-state index in [1.54, 1.807) is 55.5 Å². The van der Waals surface area contributed by atoms with Crippen molar-refractivity contribution in [2.24, 2.45) is 0 Å². The third-order valence-electron chi connectivity index (χ3n) is 4.40. The van der Waals surface area contributed by atoms with Crippen molar-refractivity contribution in [3.05, 3.63) is 59.4 Å². The minimum atomic E-state index is -0.0770. The molecule has 1 heterocycles. The van der Waals surface area contributed by atoms with E-state index in [0.717, 1.165) is 0 Å². The number of likely N-dealkylation sites (N-methyl/N-ethyl adjacent to an activating group) is 1. The lowest BCUT2D eigenvalue weighted by Crippen LogP contribution is -2.32. The Morgan fingerprint density at radius 3 is 2.62 bits per heavy atom. The molecule has 2 aromatic carbocycles. The number of amides is 1. The Hall–Kier alpha value is -3.11. The fraction of sp³-hybridized carbons (Fsp3) is 0.286. The van der Waals surface area contributed by atoms with Gasteiger partial charge >= 0.3 is 0 Å². The largest absolute Gasteiger partial charge is 0.497 e. The SMILES string of the molecule is COc1cccc(OCc2nnc(SCC(=O)N(C)CCOc3ccc(Cl)cc3)n2N)c1. The number of ether oxygens (including phenoxy) is 3. The fourth-order valence-corrected chi connectivity index (χ4v) is 3.48. The van der Waals surface area contributed by atoms with Crippen molar-refractivity contribution in [3.8, 4) is 17.2 Å². The fourth-order valence-electron chi connectivity index (χ4n) is 2.54. The van der Waals surface area contributed by atoms with Crippen LogP contribution in [0.2, 0.25) is 5.02 Å². The van der Waals surface area contributed by atoms with Crippen molar-refractivity contribution in [1.82, 2.24) is 19.8 Å². The monoisotopic (exact) mass is 477 g/mol. The second-order valence-electron chi connectivity index (χ2n) is 6.64. The Morgan fingerprint density at radius 2 is 1.88 bits per heavy atom. The van der Waals surface area contributed by atoms with Gasteiger partial charge in [-0.05, 0) is 36.4 Å². The van der Waals surface area contributed by atoms with E-state index in [2.05, 4.69) is 10.2 Å². The number of nitrogens with zero attached hydrogens (tertiary/aromatic N) is 4. The normalized spacial score (nSPS) is 10.6. The number of aromatic nitrogens is 3. The lowest BCUT2D eigenvalue weighted by Gasteiger charge is -2.17. The van der Waals surface area contributed by atoms with Crippen molar-refractivity contribution in [3.63, 3.8) is 0 Å². The summed E-state index contributed by atoms with van der Waals surface area (Å²) < 4.78 is 17.8. The van der Waals surface area contributed by atoms with Crippen LogP contribution < -0.4 is 20.1 Å². The van der Waals surface area contributed by atoms with Crippen LogP contribution in [0.4, 0.5) is 0 Å². The highest BCUT2D eigenvalue weighted by atomic mass is 35.5. The minimum Gasteiger partial charge on any atom is -0.497 e. The first-order valence-electron chi connectivity index (χ1n) is 9.67. The number of thioether (sulfide) groups is 1. The lowest BCUT2D eigenvalue weighted by atomic mass is 10.3. The van der Waals surface area contributed by atoms with Gasteiger partial charge in [-0.25, -0.2) is 4.68 Å². The topological polar surface area (TPSA) is 105 Å². The highest BCUT2D eigenvalue weighted by Crippen LogP contribution is 2.21. The van der Waals surface area contributed by atoms with Crippen LogP contribution in [0.25, 0.3) is 0 Å². The number of halogens is 1. The first kappa shape index (κ1) is 23.6. The number of methoxy groups -OCH3 is 1. The maximum atomic E-state index is 12.4. The average molecular weight is 478 g/mol. The van der Waals surface area contributed by atoms with Gasteiger partial charge in [0.25, 0.3) is 0 Å². The quantitative estimate of drug-likeness (QED) is 0.332. The van der Waals surface area contributed by atoms with Gasteiger partial charge in [0.1, 0.15) is 30.5 Å². The maximum absolute atomic E-state index is 12.4. The van der Waals surface area contributed by atoms with Crippen molar-refractivity contribution >= 4 is 29.3 Å². The molecule has 0 aliphatic heterocycles. The van der Waals surface area contributed by atoms with Crippen LogP contribution in [0.3, 0.4) is 0 Å². The van der Waals surface area contributed by atoms with Gasteiger partial charge in [-0.1, -0.05) is 29.4 Å². The molecule has 170 valence electrons. The summed E-state index contributed by atoms with van der Waals surface area (Å²) >= 11 is 7.06. The van der Waals surface area contributed by atoms with E-state index >= 15 is 0 Å². The first-order valence-corrected chi connectivity index (χ1v) is 11.0. The molecule has 0 fully saturated rings. The van der Waals surface area contributed by atoms with Crippen LogP contribution in [0.15, 0.2) is 53.7 Å². The van der Waals surface area contributed by atoms with E-state index in [1.165, 1.54) is 16.4 Å². The van der Waals surface area contributed by atoms with Gasteiger partial charge < -0.3 is 25.0 Å². The van der Waals surface area contributed by atoms with Gasteiger partial charge in [0, 0.05) is 18.1 Å². The highest BCUT2D eigenvalue weighted by Gasteiger charge is 2.15. The molecular formula is C21H24ClN5O4S. The number of nitrogen functional groups attached to an aromatic ring is 1. The van der Waals surface area contributed by atoms with Crippen LogP contribution in [0.1, 0.15) is 5.82 Å². The molecule has 2 N–H and O–H groups in total. The van der Waals surface area contributed by atoms with Crippen LogP contribution in [0, 0.1) is 0 Å². The summed E-state index contributed by atoms with van der Waals surface area (Å²) in [5.41, 5.74) is 0. The molecule has 9 nitrogen and oxygen atoms in total. The summed E-state index contributed by atoms with van der Waals surface area (Å²) in [6.45, 7) is 0.942. The second kappa shape index (κ2) is 11.5. The zero-order chi connectivity index (χ0) is 22.9. The Labute approximate surface area is 195 Å². The molecule has 0 atom stereocenters. The second-order valence-corrected chi connectivity index (χ2v) is 8.02. The summed E-state index contributed by atoms with van der Waals surface area (Å²) in [6, 6.07) is 14.3. The molecule has 11 heteroatoms. The maximum Gasteiger partial charge on any atom is 0.232 e. The molecule has 0 bridgehead atoms. The predicted octanol–water partition coefficient (Wildman–Crippen LogP) is 2.86. The Morgan fingerprint density at radius 1 is 1.12 bits per heavy atom. The van der Waals surface area contributed by atoms with E-state index in [-0.39, 0.29) is 18.3 Å². The van der Waals surface area contributed by atoms with Gasteiger partial charge in [-0.15, -0.1) is 10.2 Å². The summed E-state index contributed by atoms with van der Waals surface area (Å²) in [5, 5.41) is 9.15. The molecule has 0 spiro atoms. The third kappa shape index (κ3) is 6.69. The van der Waals surface area contributed by atoms with E-state index in [4.69, 9.17) is 31.7 Å². The number of rotatable bonds is 11. The van der Waals surface area contributed by atoms with Gasteiger partial charge in [0.2, 0.25) is 11.1 Å². The van der Waals surface area contributed by atoms with Crippen molar-refractivity contribution in [1.29, 1.82) is 0 Å². The van der Waals surface area contributed by atoms with Crippen molar-refractivity contribution in [2.75, 3.05) is 38.9 Å². The van der Waals surface area contributed by atoms with Crippen molar-refractivity contribution < 1.29 is 19.0 Å². The number of carbonyl (C=O) groups excluding carboxylic acids is 1. The zero-order valence-electron chi connectivity index (χ0n) is 17.7. The molecule has 3 rings (SSSR count). The van der Waals surface area contributed by atoms with Crippen LogP contribution in [-0.4, -0.2) is 58.7 Å². The molecule has 0 aliphatic rings. The smallest absolute Gasteiger partial charge is 0.232 e. The molecule has 0 unspecified atom stereocenters. The zero-order valence-corrected chi connectivity index (χ0v) is 19.3. The van der Waals surface area contributed by atoms with Crippen LogP contribution in [0.5, 0.6) is 17.2 Å². The third-order valence-corrected chi connectivity index (χ3v) is 5.58. The van der Waals surface area contributed by atoms with E-state index in [1.807, 2.05) is 12.1 Å². The van der Waals surface area contributed by atoms with E-state index in [0.29, 0.717) is 46.4 Å². The average Bonchev–Trinajstić information content (AvgIpc) is 3.16. The van der Waals surface area contributed by atoms with Gasteiger partial charge in [-0.2, -0.15) is 0 Å². The summed E-state index contributed by atoms with van der Waals surface area (Å²) in [6.07, 6.45) is 0. The molecule has 0 saturated carbocycles. The summed E-state index contributed by atoms with van der Waals surface area (Å²) in [5.74, 6) is 8.60. The minimum absolute atomic E-state index is 0.0770. The Balaban J connectivity index is 1.43. The molecule has 0 saturated heterocycles. The number of hydrogen-bond donors (Lipinski definition) is 1. The summed E-state index contributed by atoms with van der Waals surface area (Å²) in [4.78, 5) is 14.0. The Bertz CT molecular complexity index is 1030. The summed E-state index contributed by atoms with van der Waals surface area (Å²) in [7, 11) is 3.30. The number of carbonyl (C=O) groups is 1. The molecule has 1 amide bonds. The van der Waals surface area contributed by atoms with Crippen molar-refractivity contribution in [2.45, 2.75) is 11.8 Å². The Kier molecular flexibility index (Phi) is 8.46. The highest BCUT2D eigenvalue weighted by molar-refractivity contribution is 7.99. The van der Waals surface area contributed by atoms with Gasteiger partial charge in [0.05, 0.1) is 19.4 Å². The van der Waals surface area contributed by atoms with E-state index < -0.39 is 0 Å². The van der Waals surface area contributed by atoms with Gasteiger partial charge in [-0.3, -0.25) is 4.79 Å². The van der Waals surface area contributed by atoms with Crippen LogP contribution in [-0.2, 0) is 11.4 Å². The molecule has 1 aromatic heterocycles.